The Hall–Kier alpha value is -1.45. The fourth-order valence-corrected chi connectivity index (χ4v) is 2.11. The average Bonchev–Trinajstić information content (AvgIpc) is 2.31. The number of aliphatic imine (C=N–C) groups is 1. The lowest BCUT2D eigenvalue weighted by Crippen LogP contribution is -2.23. The molecule has 16 heavy (non-hydrogen) atoms. The zero-order valence-electron chi connectivity index (χ0n) is 9.74. The van der Waals surface area contributed by atoms with Gasteiger partial charge in [-0.1, -0.05) is 19.3 Å². The highest BCUT2D eigenvalue weighted by atomic mass is 15.1. The molecule has 2 rings (SSSR count). The molecule has 0 atom stereocenters. The van der Waals surface area contributed by atoms with E-state index in [4.69, 9.17) is 0 Å². The second-order valence-corrected chi connectivity index (χ2v) is 4.30. The molecule has 1 saturated carbocycles. The first-order valence-electron chi connectivity index (χ1n) is 5.86. The average molecular weight is 218 g/mol. The normalized spacial score (nSPS) is 17.1. The van der Waals surface area contributed by atoms with E-state index in [-0.39, 0.29) is 0 Å². The minimum atomic E-state index is 0.538. The standard InChI is InChI=1S/C12H18N4/c1-9-11(13-2)8-14-12(15-9)16-10-6-4-3-5-7-10/h8,10H,2-7H2,1H3,(H,14,15,16). The Balaban J connectivity index is 2.03. The van der Waals surface area contributed by atoms with E-state index < -0.39 is 0 Å². The molecule has 1 N–H and O–H groups in total. The molecular weight excluding hydrogens is 200 g/mol. The number of rotatable bonds is 3. The Kier molecular flexibility index (Phi) is 3.49. The van der Waals surface area contributed by atoms with Crippen molar-refractivity contribution in [1.82, 2.24) is 9.97 Å². The topological polar surface area (TPSA) is 50.2 Å². The van der Waals surface area contributed by atoms with Crippen molar-refractivity contribution >= 4 is 18.4 Å². The van der Waals surface area contributed by atoms with Crippen LogP contribution in [0, 0.1) is 6.92 Å². The van der Waals surface area contributed by atoms with Gasteiger partial charge in [0.15, 0.2) is 0 Å². The molecule has 1 aliphatic carbocycles. The number of aromatic nitrogens is 2. The van der Waals surface area contributed by atoms with Crippen LogP contribution in [0.3, 0.4) is 0 Å². The summed E-state index contributed by atoms with van der Waals surface area (Å²) in [6.07, 6.45) is 8.15. The van der Waals surface area contributed by atoms with E-state index in [9.17, 15) is 0 Å². The summed E-state index contributed by atoms with van der Waals surface area (Å²) in [6.45, 7) is 5.42. The third-order valence-corrected chi connectivity index (χ3v) is 3.06. The summed E-state index contributed by atoms with van der Waals surface area (Å²) in [5.74, 6) is 0.719. The molecule has 4 heteroatoms. The van der Waals surface area contributed by atoms with E-state index in [2.05, 4.69) is 27.0 Å². The monoisotopic (exact) mass is 218 g/mol. The molecule has 1 fully saturated rings. The Morgan fingerprint density at radius 2 is 2.12 bits per heavy atom. The maximum Gasteiger partial charge on any atom is 0.223 e. The largest absolute Gasteiger partial charge is 0.351 e. The van der Waals surface area contributed by atoms with Gasteiger partial charge in [-0.3, -0.25) is 4.99 Å². The van der Waals surface area contributed by atoms with Crippen molar-refractivity contribution in [3.05, 3.63) is 11.9 Å². The van der Waals surface area contributed by atoms with E-state index in [1.54, 1.807) is 6.20 Å². The van der Waals surface area contributed by atoms with E-state index in [1.807, 2.05) is 6.92 Å². The Labute approximate surface area is 96.2 Å². The Morgan fingerprint density at radius 3 is 2.75 bits per heavy atom. The predicted octanol–water partition coefficient (Wildman–Crippen LogP) is 2.86. The van der Waals surface area contributed by atoms with Gasteiger partial charge in [0.1, 0.15) is 5.69 Å². The predicted molar refractivity (Wildman–Crippen MR) is 66.5 cm³/mol. The molecule has 0 spiro atoms. The fourth-order valence-electron chi connectivity index (χ4n) is 2.11. The Morgan fingerprint density at radius 1 is 1.38 bits per heavy atom. The molecule has 0 aliphatic heterocycles. The summed E-state index contributed by atoms with van der Waals surface area (Å²) in [5.41, 5.74) is 1.64. The number of anilines is 1. The van der Waals surface area contributed by atoms with Gasteiger partial charge in [0.25, 0.3) is 0 Å². The molecule has 0 bridgehead atoms. The first-order valence-corrected chi connectivity index (χ1v) is 5.86. The lowest BCUT2D eigenvalue weighted by Gasteiger charge is -2.22. The molecule has 0 aromatic carbocycles. The minimum absolute atomic E-state index is 0.538. The van der Waals surface area contributed by atoms with Gasteiger partial charge in [0.2, 0.25) is 5.95 Å². The fraction of sp³-hybridized carbons (Fsp3) is 0.583. The highest BCUT2D eigenvalue weighted by Crippen LogP contribution is 2.21. The SMILES string of the molecule is C=Nc1cnc(NC2CCCCC2)nc1C. The van der Waals surface area contributed by atoms with Gasteiger partial charge >= 0.3 is 0 Å². The lowest BCUT2D eigenvalue weighted by molar-refractivity contribution is 0.461. The first-order chi connectivity index (χ1) is 7.79. The van der Waals surface area contributed by atoms with Crippen LogP contribution in [-0.2, 0) is 0 Å². The van der Waals surface area contributed by atoms with Crippen LogP contribution in [0.5, 0.6) is 0 Å². The highest BCUT2D eigenvalue weighted by Gasteiger charge is 2.14. The zero-order chi connectivity index (χ0) is 11.4. The van der Waals surface area contributed by atoms with Crippen LogP contribution in [0.2, 0.25) is 0 Å². The van der Waals surface area contributed by atoms with E-state index in [0.29, 0.717) is 6.04 Å². The zero-order valence-corrected chi connectivity index (χ0v) is 9.74. The third-order valence-electron chi connectivity index (χ3n) is 3.06. The van der Waals surface area contributed by atoms with Gasteiger partial charge < -0.3 is 5.32 Å². The van der Waals surface area contributed by atoms with Crippen LogP contribution in [0.4, 0.5) is 11.6 Å². The molecule has 0 radical (unpaired) electrons. The summed E-state index contributed by atoms with van der Waals surface area (Å²) in [6, 6.07) is 0.538. The van der Waals surface area contributed by atoms with Crippen LogP contribution in [-0.4, -0.2) is 22.7 Å². The van der Waals surface area contributed by atoms with Crippen LogP contribution in [0.15, 0.2) is 11.2 Å². The van der Waals surface area contributed by atoms with Crippen molar-refractivity contribution in [2.75, 3.05) is 5.32 Å². The summed E-state index contributed by atoms with van der Waals surface area (Å²) in [7, 11) is 0. The van der Waals surface area contributed by atoms with Gasteiger partial charge in [-0.25, -0.2) is 9.97 Å². The smallest absolute Gasteiger partial charge is 0.223 e. The van der Waals surface area contributed by atoms with Gasteiger partial charge in [0.05, 0.1) is 11.9 Å². The van der Waals surface area contributed by atoms with Crippen molar-refractivity contribution in [2.24, 2.45) is 4.99 Å². The van der Waals surface area contributed by atoms with E-state index in [0.717, 1.165) is 17.3 Å². The molecule has 1 aromatic rings. The molecule has 4 nitrogen and oxygen atoms in total. The number of nitrogens with zero attached hydrogens (tertiary/aromatic N) is 3. The number of hydrogen-bond acceptors (Lipinski definition) is 4. The number of hydrogen-bond donors (Lipinski definition) is 1. The van der Waals surface area contributed by atoms with Gasteiger partial charge in [0, 0.05) is 6.04 Å². The van der Waals surface area contributed by atoms with Crippen molar-refractivity contribution in [3.8, 4) is 0 Å². The summed E-state index contributed by atoms with van der Waals surface area (Å²) in [4.78, 5) is 12.5. The van der Waals surface area contributed by atoms with Crippen LogP contribution < -0.4 is 5.32 Å². The summed E-state index contributed by atoms with van der Waals surface area (Å²) in [5, 5.41) is 3.39. The van der Waals surface area contributed by atoms with Gasteiger partial charge in [-0.05, 0) is 26.5 Å². The molecule has 0 unspecified atom stereocenters. The molecule has 0 saturated heterocycles. The molecule has 1 aliphatic rings. The van der Waals surface area contributed by atoms with Crippen LogP contribution >= 0.6 is 0 Å². The molecule has 0 amide bonds. The quantitative estimate of drug-likeness (QED) is 0.794. The maximum absolute atomic E-state index is 4.38. The Bertz CT molecular complexity index is 369. The van der Waals surface area contributed by atoms with E-state index >= 15 is 0 Å². The molecular formula is C12H18N4. The minimum Gasteiger partial charge on any atom is -0.351 e. The van der Waals surface area contributed by atoms with Gasteiger partial charge in [-0.15, -0.1) is 0 Å². The second kappa shape index (κ2) is 5.05. The number of nitrogens with one attached hydrogen (secondary N) is 1. The molecule has 1 heterocycles. The second-order valence-electron chi connectivity index (χ2n) is 4.30. The van der Waals surface area contributed by atoms with Crippen molar-refractivity contribution in [3.63, 3.8) is 0 Å². The van der Waals surface area contributed by atoms with Crippen molar-refractivity contribution < 1.29 is 0 Å². The van der Waals surface area contributed by atoms with E-state index in [1.165, 1.54) is 32.1 Å². The van der Waals surface area contributed by atoms with Crippen molar-refractivity contribution in [2.45, 2.75) is 45.1 Å². The lowest BCUT2D eigenvalue weighted by atomic mass is 9.96. The van der Waals surface area contributed by atoms with Crippen LogP contribution in [0.25, 0.3) is 0 Å². The number of aryl methyl sites for hydroxylation is 1. The molecule has 86 valence electrons. The van der Waals surface area contributed by atoms with Crippen molar-refractivity contribution in [1.29, 1.82) is 0 Å². The third kappa shape index (κ3) is 2.56. The molecule has 1 aromatic heterocycles. The first kappa shape index (κ1) is 11.0. The van der Waals surface area contributed by atoms with Gasteiger partial charge in [-0.2, -0.15) is 0 Å². The summed E-state index contributed by atoms with van der Waals surface area (Å²) >= 11 is 0. The maximum atomic E-state index is 4.38. The highest BCUT2D eigenvalue weighted by molar-refractivity contribution is 5.48. The summed E-state index contributed by atoms with van der Waals surface area (Å²) < 4.78 is 0. The van der Waals surface area contributed by atoms with Crippen LogP contribution in [0.1, 0.15) is 37.8 Å².